The van der Waals surface area contributed by atoms with Crippen molar-refractivity contribution in [2.24, 2.45) is 0 Å². The molecule has 0 aliphatic carbocycles. The zero-order valence-corrected chi connectivity index (χ0v) is 9.87. The van der Waals surface area contributed by atoms with Crippen LogP contribution in [0.1, 0.15) is 13.8 Å². The van der Waals surface area contributed by atoms with Crippen molar-refractivity contribution < 1.29 is 14.7 Å². The minimum Gasteiger partial charge on any atom is -0.383 e. The minimum absolute atomic E-state index is 0.0168. The van der Waals surface area contributed by atoms with Gasteiger partial charge in [0, 0.05) is 26.4 Å². The first-order valence-electron chi connectivity index (χ1n) is 4.91. The smallest absolute Gasteiger partial charge is 0.257 e. The molecule has 1 aliphatic rings. The number of carbonyl (C=O) groups is 2. The van der Waals surface area contributed by atoms with Crippen LogP contribution in [0.3, 0.4) is 0 Å². The van der Waals surface area contributed by atoms with Crippen molar-refractivity contribution >= 4 is 11.7 Å². The Balaban J connectivity index is 3.00. The fraction of sp³-hybridized carbons (Fsp3) is 0.455. The average Bonchev–Trinajstić information content (AvgIpc) is 2.32. The Hall–Kier alpha value is -1.62. The summed E-state index contributed by atoms with van der Waals surface area (Å²) in [4.78, 5) is 24.9. The van der Waals surface area contributed by atoms with Gasteiger partial charge in [-0.15, -0.1) is 0 Å². The number of nitrogens with zero attached hydrogens (tertiary/aromatic N) is 1. The molecule has 1 atom stereocenters. The summed E-state index contributed by atoms with van der Waals surface area (Å²) in [6.45, 7) is 3.00. The molecule has 0 saturated carbocycles. The standard InChI is InChI=1S/C11H16N2O3/c1-7-9(8(14)5-6-13(3)4)10(15)12-11(7,2)16/h5-6,16H,1-4H3,(H,12,15). The first kappa shape index (κ1) is 12.4. The topological polar surface area (TPSA) is 69.6 Å². The molecular formula is C11H16N2O3. The second-order valence-electron chi connectivity index (χ2n) is 4.17. The summed E-state index contributed by atoms with van der Waals surface area (Å²) in [5.41, 5.74) is -1.05. The zero-order chi connectivity index (χ0) is 12.5. The van der Waals surface area contributed by atoms with E-state index in [4.69, 9.17) is 0 Å². The van der Waals surface area contributed by atoms with E-state index >= 15 is 0 Å². The van der Waals surface area contributed by atoms with Crippen LogP contribution in [0.4, 0.5) is 0 Å². The quantitative estimate of drug-likeness (QED) is 0.514. The van der Waals surface area contributed by atoms with Crippen molar-refractivity contribution in [3.8, 4) is 0 Å². The predicted octanol–water partition coefficient (Wildman–Crippen LogP) is -0.214. The van der Waals surface area contributed by atoms with Crippen LogP contribution in [-0.2, 0) is 9.59 Å². The Morgan fingerprint density at radius 2 is 2.06 bits per heavy atom. The maximum atomic E-state index is 11.7. The third-order valence-electron chi connectivity index (χ3n) is 2.46. The minimum atomic E-state index is -1.42. The summed E-state index contributed by atoms with van der Waals surface area (Å²) in [6, 6.07) is 0. The molecule has 1 rings (SSSR count). The maximum Gasteiger partial charge on any atom is 0.257 e. The first-order chi connectivity index (χ1) is 7.25. The second-order valence-corrected chi connectivity index (χ2v) is 4.17. The van der Waals surface area contributed by atoms with Gasteiger partial charge >= 0.3 is 0 Å². The third kappa shape index (κ3) is 2.30. The fourth-order valence-electron chi connectivity index (χ4n) is 1.39. The molecule has 5 heteroatoms. The van der Waals surface area contributed by atoms with E-state index < -0.39 is 17.4 Å². The normalized spacial score (nSPS) is 25.2. The van der Waals surface area contributed by atoms with Gasteiger partial charge in [0.2, 0.25) is 0 Å². The van der Waals surface area contributed by atoms with E-state index in [0.29, 0.717) is 5.57 Å². The lowest BCUT2D eigenvalue weighted by Crippen LogP contribution is -2.40. The van der Waals surface area contributed by atoms with Crippen molar-refractivity contribution in [2.75, 3.05) is 14.1 Å². The van der Waals surface area contributed by atoms with Crippen molar-refractivity contribution in [1.82, 2.24) is 10.2 Å². The number of hydrogen-bond acceptors (Lipinski definition) is 4. The maximum absolute atomic E-state index is 11.7. The fourth-order valence-corrected chi connectivity index (χ4v) is 1.39. The van der Waals surface area contributed by atoms with Crippen molar-refractivity contribution in [3.05, 3.63) is 23.4 Å². The second kappa shape index (κ2) is 4.09. The number of nitrogens with one attached hydrogen (secondary N) is 1. The molecule has 1 amide bonds. The number of ketones is 1. The van der Waals surface area contributed by atoms with Crippen LogP contribution in [0, 0.1) is 0 Å². The lowest BCUT2D eigenvalue weighted by atomic mass is 10.0. The molecule has 0 aromatic carbocycles. The summed E-state index contributed by atoms with van der Waals surface area (Å²) < 4.78 is 0. The first-order valence-corrected chi connectivity index (χ1v) is 4.91. The van der Waals surface area contributed by atoms with Gasteiger partial charge in [0.25, 0.3) is 5.91 Å². The molecule has 16 heavy (non-hydrogen) atoms. The van der Waals surface area contributed by atoms with Crippen LogP contribution in [-0.4, -0.2) is 41.5 Å². The summed E-state index contributed by atoms with van der Waals surface area (Å²) in [7, 11) is 3.55. The molecule has 0 spiro atoms. The summed E-state index contributed by atoms with van der Waals surface area (Å²) in [6.07, 6.45) is 2.86. The monoisotopic (exact) mass is 224 g/mol. The average molecular weight is 224 g/mol. The predicted molar refractivity (Wildman–Crippen MR) is 59.3 cm³/mol. The van der Waals surface area contributed by atoms with Crippen molar-refractivity contribution in [1.29, 1.82) is 0 Å². The van der Waals surface area contributed by atoms with Gasteiger partial charge in [-0.2, -0.15) is 0 Å². The summed E-state index contributed by atoms with van der Waals surface area (Å²) in [5.74, 6) is -0.933. The molecule has 0 aromatic rings. The molecule has 0 fully saturated rings. The van der Waals surface area contributed by atoms with Crippen LogP contribution in [0.2, 0.25) is 0 Å². The number of amides is 1. The number of hydrogen-bond donors (Lipinski definition) is 2. The molecule has 5 nitrogen and oxygen atoms in total. The summed E-state index contributed by atoms with van der Waals surface area (Å²) >= 11 is 0. The van der Waals surface area contributed by atoms with E-state index in [1.165, 1.54) is 13.0 Å². The van der Waals surface area contributed by atoms with E-state index in [1.54, 1.807) is 32.1 Å². The Morgan fingerprint density at radius 1 is 1.50 bits per heavy atom. The van der Waals surface area contributed by atoms with E-state index in [1.807, 2.05) is 0 Å². The van der Waals surface area contributed by atoms with E-state index in [0.717, 1.165) is 0 Å². The molecule has 88 valence electrons. The number of rotatable bonds is 3. The highest BCUT2D eigenvalue weighted by Gasteiger charge is 2.39. The van der Waals surface area contributed by atoms with Crippen LogP contribution >= 0.6 is 0 Å². The van der Waals surface area contributed by atoms with Gasteiger partial charge in [-0.1, -0.05) is 0 Å². The zero-order valence-electron chi connectivity index (χ0n) is 9.87. The van der Waals surface area contributed by atoms with Crippen LogP contribution in [0.5, 0.6) is 0 Å². The van der Waals surface area contributed by atoms with Gasteiger partial charge in [-0.3, -0.25) is 9.59 Å². The Kier molecular flexibility index (Phi) is 3.19. The van der Waals surface area contributed by atoms with E-state index in [2.05, 4.69) is 5.32 Å². The van der Waals surface area contributed by atoms with Crippen molar-refractivity contribution in [3.63, 3.8) is 0 Å². The van der Waals surface area contributed by atoms with Crippen LogP contribution in [0.25, 0.3) is 0 Å². The highest BCUT2D eigenvalue weighted by atomic mass is 16.3. The molecule has 2 N–H and O–H groups in total. The molecule has 0 saturated heterocycles. The van der Waals surface area contributed by atoms with Gasteiger partial charge in [-0.25, -0.2) is 0 Å². The highest BCUT2D eigenvalue weighted by molar-refractivity contribution is 6.25. The SMILES string of the molecule is CC1=C(C(=O)C=CN(C)C)C(=O)NC1(C)O. The van der Waals surface area contributed by atoms with Crippen molar-refractivity contribution in [2.45, 2.75) is 19.6 Å². The van der Waals surface area contributed by atoms with Gasteiger partial charge in [0.15, 0.2) is 11.5 Å². The molecular weight excluding hydrogens is 208 g/mol. The Labute approximate surface area is 94.4 Å². The largest absolute Gasteiger partial charge is 0.383 e. The van der Waals surface area contributed by atoms with Crippen LogP contribution < -0.4 is 5.32 Å². The molecule has 1 aliphatic heterocycles. The third-order valence-corrected chi connectivity index (χ3v) is 2.46. The molecule has 0 radical (unpaired) electrons. The molecule has 1 heterocycles. The number of carbonyl (C=O) groups excluding carboxylic acids is 2. The van der Waals surface area contributed by atoms with Gasteiger partial charge < -0.3 is 15.3 Å². The van der Waals surface area contributed by atoms with E-state index in [-0.39, 0.29) is 5.57 Å². The highest BCUT2D eigenvalue weighted by Crippen LogP contribution is 2.24. The summed E-state index contributed by atoms with van der Waals surface area (Å²) in [5, 5.41) is 12.1. The number of aliphatic hydroxyl groups is 1. The molecule has 1 unspecified atom stereocenters. The van der Waals surface area contributed by atoms with Gasteiger partial charge in [0.05, 0.1) is 5.57 Å². The van der Waals surface area contributed by atoms with E-state index in [9.17, 15) is 14.7 Å². The van der Waals surface area contributed by atoms with Gasteiger partial charge in [0.1, 0.15) is 0 Å². The van der Waals surface area contributed by atoms with Gasteiger partial charge in [-0.05, 0) is 19.4 Å². The lowest BCUT2D eigenvalue weighted by molar-refractivity contribution is -0.122. The molecule has 0 bridgehead atoms. The van der Waals surface area contributed by atoms with Crippen LogP contribution in [0.15, 0.2) is 23.4 Å². The lowest BCUT2D eigenvalue weighted by Gasteiger charge is -2.17. The number of allylic oxidation sites excluding steroid dienone is 1. The molecule has 0 aromatic heterocycles. The Bertz CT molecular complexity index is 392. The Morgan fingerprint density at radius 3 is 2.44 bits per heavy atom.